The molecule has 6 nitrogen and oxygen atoms in total. The largest absolute Gasteiger partial charge is 0.457 e. The number of hydrogen-bond acceptors (Lipinski definition) is 5. The van der Waals surface area contributed by atoms with Crippen LogP contribution in [0.3, 0.4) is 0 Å². The van der Waals surface area contributed by atoms with E-state index in [1.807, 2.05) is 77.3 Å². The Balaban J connectivity index is 1.14. The summed E-state index contributed by atoms with van der Waals surface area (Å²) in [5, 5.41) is 11.9. The number of amidine groups is 1. The van der Waals surface area contributed by atoms with Gasteiger partial charge in [-0.25, -0.2) is 9.69 Å². The average Bonchev–Trinajstić information content (AvgIpc) is 3.67. The van der Waals surface area contributed by atoms with Crippen molar-refractivity contribution in [3.8, 4) is 28.3 Å². The first-order valence-electron chi connectivity index (χ1n) is 14.2. The van der Waals surface area contributed by atoms with Crippen LogP contribution in [0, 0.1) is 0 Å². The standard InChI is InChI=1S/C36H31N5O/c1-27-37-41(26-39(27)30-17-9-4-10-18-30)32-20-12-22-34(24-32)42-33-21-11-19-31(23-33)40-25-35(28-13-5-2-6-14-28)36(38-40)29-15-7-3-8-16-29/h2-15,17-25,29H,16,26H2,1H3/t29-/m1/s1. The molecule has 0 saturated heterocycles. The van der Waals surface area contributed by atoms with E-state index in [0.29, 0.717) is 6.67 Å². The second-order valence-corrected chi connectivity index (χ2v) is 10.4. The van der Waals surface area contributed by atoms with Crippen LogP contribution < -0.4 is 14.6 Å². The van der Waals surface area contributed by atoms with Crippen molar-refractivity contribution in [1.29, 1.82) is 0 Å². The highest BCUT2D eigenvalue weighted by molar-refractivity contribution is 5.98. The lowest BCUT2D eigenvalue weighted by molar-refractivity contribution is 0.482. The van der Waals surface area contributed by atoms with Gasteiger partial charge in [-0.15, -0.1) is 0 Å². The average molecular weight is 550 g/mol. The molecule has 0 bridgehead atoms. The molecule has 5 aromatic rings. The number of aromatic nitrogens is 2. The summed E-state index contributed by atoms with van der Waals surface area (Å²) in [5.74, 6) is 2.69. The number of allylic oxidation sites excluding steroid dienone is 4. The number of para-hydroxylation sites is 1. The topological polar surface area (TPSA) is 45.9 Å². The molecule has 0 unspecified atom stereocenters. The van der Waals surface area contributed by atoms with Crippen molar-refractivity contribution in [2.24, 2.45) is 5.10 Å². The van der Waals surface area contributed by atoms with Crippen molar-refractivity contribution in [3.05, 3.63) is 145 Å². The maximum Gasteiger partial charge on any atom is 0.129 e. The van der Waals surface area contributed by atoms with E-state index in [1.54, 1.807) is 0 Å². The van der Waals surface area contributed by atoms with Crippen LogP contribution >= 0.6 is 0 Å². The third-order valence-corrected chi connectivity index (χ3v) is 7.59. The van der Waals surface area contributed by atoms with E-state index in [1.165, 1.54) is 0 Å². The Labute approximate surface area is 246 Å². The number of hydrazone groups is 1. The van der Waals surface area contributed by atoms with E-state index in [-0.39, 0.29) is 5.92 Å². The van der Waals surface area contributed by atoms with Crippen LogP contribution in [0.1, 0.15) is 25.0 Å². The van der Waals surface area contributed by atoms with Crippen LogP contribution in [0.15, 0.2) is 145 Å². The third kappa shape index (κ3) is 5.22. The predicted octanol–water partition coefficient (Wildman–Crippen LogP) is 8.55. The van der Waals surface area contributed by atoms with Crippen LogP contribution in [0.4, 0.5) is 11.4 Å². The normalized spacial score (nSPS) is 16.1. The highest BCUT2D eigenvalue weighted by atomic mass is 16.5. The monoisotopic (exact) mass is 549 g/mol. The minimum absolute atomic E-state index is 0.239. The molecule has 1 aliphatic heterocycles. The Morgan fingerprint density at radius 3 is 2.17 bits per heavy atom. The SMILES string of the molecule is CC1=NN(c2cccc(Oc3cccc(-n4cc(-c5ccccc5)c([C@@H]5C=CC=CC5)n4)c3)c2)CN1c1ccccc1. The van der Waals surface area contributed by atoms with E-state index in [4.69, 9.17) is 14.9 Å². The van der Waals surface area contributed by atoms with Gasteiger partial charge in [0.15, 0.2) is 0 Å². The van der Waals surface area contributed by atoms with Gasteiger partial charge < -0.3 is 9.64 Å². The van der Waals surface area contributed by atoms with Crippen molar-refractivity contribution in [2.45, 2.75) is 19.3 Å². The molecule has 2 heterocycles. The van der Waals surface area contributed by atoms with Gasteiger partial charge in [0.1, 0.15) is 24.0 Å². The predicted molar refractivity (Wildman–Crippen MR) is 171 cm³/mol. The Kier molecular flexibility index (Phi) is 6.86. The zero-order chi connectivity index (χ0) is 28.3. The molecule has 0 saturated carbocycles. The second kappa shape index (κ2) is 11.3. The van der Waals surface area contributed by atoms with Gasteiger partial charge in [-0.3, -0.25) is 0 Å². The molecule has 206 valence electrons. The fourth-order valence-electron chi connectivity index (χ4n) is 5.46. The molecule has 1 atom stereocenters. The number of hydrogen-bond donors (Lipinski definition) is 0. The van der Waals surface area contributed by atoms with Gasteiger partial charge in [0.25, 0.3) is 0 Å². The molecule has 0 N–H and O–H groups in total. The van der Waals surface area contributed by atoms with Crippen LogP contribution in [0.2, 0.25) is 0 Å². The van der Waals surface area contributed by atoms with Crippen LogP contribution in [0.5, 0.6) is 11.5 Å². The minimum atomic E-state index is 0.239. The second-order valence-electron chi connectivity index (χ2n) is 10.4. The summed E-state index contributed by atoms with van der Waals surface area (Å²) in [4.78, 5) is 2.19. The summed E-state index contributed by atoms with van der Waals surface area (Å²) < 4.78 is 8.33. The van der Waals surface area contributed by atoms with E-state index < -0.39 is 0 Å². The van der Waals surface area contributed by atoms with Gasteiger partial charge in [0.05, 0.1) is 17.1 Å². The van der Waals surface area contributed by atoms with E-state index in [2.05, 4.69) is 83.9 Å². The summed E-state index contributed by atoms with van der Waals surface area (Å²) in [5.41, 5.74) is 6.42. The lowest BCUT2D eigenvalue weighted by Gasteiger charge is -2.20. The molecule has 0 spiro atoms. The third-order valence-electron chi connectivity index (χ3n) is 7.59. The molecule has 2 aliphatic rings. The maximum absolute atomic E-state index is 6.37. The van der Waals surface area contributed by atoms with Crippen molar-refractivity contribution in [1.82, 2.24) is 9.78 Å². The molecule has 1 aromatic heterocycles. The first-order chi connectivity index (χ1) is 20.7. The molecule has 0 radical (unpaired) electrons. The number of rotatable bonds is 7. The van der Waals surface area contributed by atoms with Crippen LogP contribution in [0.25, 0.3) is 16.8 Å². The Morgan fingerprint density at radius 2 is 1.43 bits per heavy atom. The fourth-order valence-corrected chi connectivity index (χ4v) is 5.46. The number of ether oxygens (including phenoxy) is 1. The Bertz CT molecular complexity index is 1790. The molecule has 42 heavy (non-hydrogen) atoms. The fraction of sp³-hybridized carbons (Fsp3) is 0.111. The molecular weight excluding hydrogens is 518 g/mol. The van der Waals surface area contributed by atoms with Crippen molar-refractivity contribution in [3.63, 3.8) is 0 Å². The highest BCUT2D eigenvalue weighted by Gasteiger charge is 2.23. The van der Waals surface area contributed by atoms with Gasteiger partial charge in [-0.2, -0.15) is 10.2 Å². The minimum Gasteiger partial charge on any atom is -0.457 e. The Morgan fingerprint density at radius 1 is 0.738 bits per heavy atom. The Hall–Kier alpha value is -5.36. The number of benzene rings is 4. The molecular formula is C36H31N5O. The zero-order valence-corrected chi connectivity index (χ0v) is 23.4. The number of nitrogens with zero attached hydrogens (tertiary/aromatic N) is 5. The van der Waals surface area contributed by atoms with Crippen LogP contribution in [-0.4, -0.2) is 22.3 Å². The lowest BCUT2D eigenvalue weighted by atomic mass is 9.92. The summed E-state index contributed by atoms with van der Waals surface area (Å²) in [6, 6.07) is 36.9. The van der Waals surface area contributed by atoms with Crippen molar-refractivity contribution in [2.75, 3.05) is 16.6 Å². The van der Waals surface area contributed by atoms with Gasteiger partial charge in [-0.1, -0.05) is 85.0 Å². The van der Waals surface area contributed by atoms with Gasteiger partial charge in [0.2, 0.25) is 0 Å². The first kappa shape index (κ1) is 25.6. The summed E-state index contributed by atoms with van der Waals surface area (Å²) in [6.45, 7) is 2.68. The van der Waals surface area contributed by atoms with E-state index >= 15 is 0 Å². The lowest BCUT2D eigenvalue weighted by Crippen LogP contribution is -2.29. The quantitative estimate of drug-likeness (QED) is 0.204. The molecule has 6 heteroatoms. The zero-order valence-electron chi connectivity index (χ0n) is 23.4. The van der Waals surface area contributed by atoms with E-state index in [0.717, 1.165) is 57.6 Å². The molecule has 7 rings (SSSR count). The molecule has 1 aliphatic carbocycles. The van der Waals surface area contributed by atoms with Crippen LogP contribution in [-0.2, 0) is 0 Å². The van der Waals surface area contributed by atoms with Gasteiger partial charge in [0, 0.05) is 35.5 Å². The van der Waals surface area contributed by atoms with Crippen molar-refractivity contribution < 1.29 is 4.74 Å². The molecule has 0 fully saturated rings. The summed E-state index contributed by atoms with van der Waals surface area (Å²) in [7, 11) is 0. The summed E-state index contributed by atoms with van der Waals surface area (Å²) in [6.07, 6.45) is 11.7. The van der Waals surface area contributed by atoms with Gasteiger partial charge >= 0.3 is 0 Å². The maximum atomic E-state index is 6.37. The highest BCUT2D eigenvalue weighted by Crippen LogP contribution is 2.35. The summed E-state index contributed by atoms with van der Waals surface area (Å²) >= 11 is 0. The number of anilines is 2. The van der Waals surface area contributed by atoms with E-state index in [9.17, 15) is 0 Å². The van der Waals surface area contributed by atoms with Gasteiger partial charge in [-0.05, 0) is 55.3 Å². The smallest absolute Gasteiger partial charge is 0.129 e. The first-order valence-corrected chi connectivity index (χ1v) is 14.2. The molecule has 4 aromatic carbocycles. The van der Waals surface area contributed by atoms with Crippen molar-refractivity contribution >= 4 is 17.2 Å². The molecule has 0 amide bonds.